The lowest BCUT2D eigenvalue weighted by Crippen LogP contribution is -2.42. The van der Waals surface area contributed by atoms with E-state index in [1.165, 1.54) is 0 Å². The van der Waals surface area contributed by atoms with E-state index >= 15 is 0 Å². The second kappa shape index (κ2) is 4.21. The van der Waals surface area contributed by atoms with Crippen molar-refractivity contribution in [3.05, 3.63) is 0 Å². The second-order valence-corrected chi connectivity index (χ2v) is 3.63. The zero-order valence-electron chi connectivity index (χ0n) is 7.75. The average Bonchev–Trinajstić information content (AvgIpc) is 2.49. The molecule has 0 aromatic carbocycles. The van der Waals surface area contributed by atoms with Crippen molar-refractivity contribution in [2.24, 2.45) is 11.7 Å². The first-order chi connectivity index (χ1) is 5.73. The molecule has 1 rings (SSSR count). The van der Waals surface area contributed by atoms with Crippen LogP contribution in [-0.2, 0) is 4.74 Å². The lowest BCUT2D eigenvalue weighted by molar-refractivity contribution is -0.0251. The van der Waals surface area contributed by atoms with Gasteiger partial charge in [0.05, 0.1) is 12.2 Å². The molecule has 1 saturated heterocycles. The van der Waals surface area contributed by atoms with Gasteiger partial charge in [-0.3, -0.25) is 0 Å². The van der Waals surface area contributed by atoms with Crippen molar-refractivity contribution in [2.45, 2.75) is 31.8 Å². The van der Waals surface area contributed by atoms with Crippen molar-refractivity contribution in [2.75, 3.05) is 19.8 Å². The molecule has 0 spiro atoms. The molecule has 0 aromatic rings. The van der Waals surface area contributed by atoms with Crippen LogP contribution in [0, 0.1) is 5.92 Å². The predicted molar refractivity (Wildman–Crippen MR) is 47.8 cm³/mol. The van der Waals surface area contributed by atoms with Gasteiger partial charge in [-0.05, 0) is 13.0 Å². The van der Waals surface area contributed by atoms with Crippen LogP contribution >= 0.6 is 0 Å². The monoisotopic (exact) mass is 173 g/mol. The average molecular weight is 173 g/mol. The third kappa shape index (κ3) is 1.97. The first-order valence-electron chi connectivity index (χ1n) is 4.73. The summed E-state index contributed by atoms with van der Waals surface area (Å²) in [5, 5.41) is 10.1. The molecule has 0 amide bonds. The Morgan fingerprint density at radius 1 is 1.67 bits per heavy atom. The van der Waals surface area contributed by atoms with Gasteiger partial charge in [0.1, 0.15) is 0 Å². The van der Waals surface area contributed by atoms with Gasteiger partial charge in [-0.2, -0.15) is 0 Å². The standard InChI is InChI=1S/C9H19NO2/c1-2-3-8(6-10)9(11)4-5-12-7-9/h8,11H,2-7,10H2,1H3. The molecule has 1 heterocycles. The minimum atomic E-state index is -0.634. The molecule has 0 saturated carbocycles. The van der Waals surface area contributed by atoms with Crippen LogP contribution in [0.2, 0.25) is 0 Å². The number of ether oxygens (including phenoxy) is 1. The van der Waals surface area contributed by atoms with E-state index in [9.17, 15) is 5.11 Å². The number of nitrogens with two attached hydrogens (primary N) is 1. The van der Waals surface area contributed by atoms with E-state index in [2.05, 4.69) is 6.92 Å². The van der Waals surface area contributed by atoms with Crippen LogP contribution in [0.5, 0.6) is 0 Å². The summed E-state index contributed by atoms with van der Waals surface area (Å²) in [5.41, 5.74) is 4.97. The van der Waals surface area contributed by atoms with E-state index in [0.29, 0.717) is 19.8 Å². The number of hydrogen-bond acceptors (Lipinski definition) is 3. The van der Waals surface area contributed by atoms with Crippen LogP contribution in [0.3, 0.4) is 0 Å². The van der Waals surface area contributed by atoms with Gasteiger partial charge in [0.2, 0.25) is 0 Å². The van der Waals surface area contributed by atoms with E-state index < -0.39 is 5.60 Å². The summed E-state index contributed by atoms with van der Waals surface area (Å²) in [5.74, 6) is 0.213. The van der Waals surface area contributed by atoms with E-state index in [1.54, 1.807) is 0 Å². The maximum atomic E-state index is 10.1. The Bertz CT molecular complexity index is 132. The van der Waals surface area contributed by atoms with Crippen LogP contribution in [0.1, 0.15) is 26.2 Å². The molecule has 3 heteroatoms. The second-order valence-electron chi connectivity index (χ2n) is 3.63. The smallest absolute Gasteiger partial charge is 0.0941 e. The van der Waals surface area contributed by atoms with Crippen molar-refractivity contribution in [3.8, 4) is 0 Å². The van der Waals surface area contributed by atoms with Gasteiger partial charge in [-0.1, -0.05) is 13.3 Å². The lowest BCUT2D eigenvalue weighted by atomic mass is 9.83. The van der Waals surface area contributed by atoms with E-state index in [-0.39, 0.29) is 5.92 Å². The molecule has 2 atom stereocenters. The molecule has 1 fully saturated rings. The summed E-state index contributed by atoms with van der Waals surface area (Å²) in [4.78, 5) is 0. The van der Waals surface area contributed by atoms with Gasteiger partial charge in [0.25, 0.3) is 0 Å². The fraction of sp³-hybridized carbons (Fsp3) is 1.00. The summed E-state index contributed by atoms with van der Waals surface area (Å²) >= 11 is 0. The minimum Gasteiger partial charge on any atom is -0.387 e. The largest absolute Gasteiger partial charge is 0.387 e. The zero-order valence-corrected chi connectivity index (χ0v) is 7.75. The molecule has 0 aliphatic carbocycles. The molecule has 2 unspecified atom stereocenters. The molecule has 0 radical (unpaired) electrons. The van der Waals surface area contributed by atoms with Crippen LogP contribution in [0.4, 0.5) is 0 Å². The number of hydrogen-bond donors (Lipinski definition) is 2. The Labute approximate surface area is 73.9 Å². The Hall–Kier alpha value is -0.120. The van der Waals surface area contributed by atoms with E-state index in [0.717, 1.165) is 19.3 Å². The van der Waals surface area contributed by atoms with Crippen LogP contribution in [0.15, 0.2) is 0 Å². The highest BCUT2D eigenvalue weighted by molar-refractivity contribution is 4.89. The third-order valence-corrected chi connectivity index (χ3v) is 2.71. The molecule has 0 bridgehead atoms. The molecular formula is C9H19NO2. The predicted octanol–water partition coefficient (Wildman–Crippen LogP) is 0.513. The molecule has 3 nitrogen and oxygen atoms in total. The third-order valence-electron chi connectivity index (χ3n) is 2.71. The SMILES string of the molecule is CCCC(CN)C1(O)CCOC1. The van der Waals surface area contributed by atoms with E-state index in [1.807, 2.05) is 0 Å². The first kappa shape index (κ1) is 9.96. The maximum absolute atomic E-state index is 10.1. The summed E-state index contributed by atoms with van der Waals surface area (Å²) in [7, 11) is 0. The Morgan fingerprint density at radius 2 is 2.42 bits per heavy atom. The van der Waals surface area contributed by atoms with Gasteiger partial charge < -0.3 is 15.6 Å². The highest BCUT2D eigenvalue weighted by Gasteiger charge is 2.38. The van der Waals surface area contributed by atoms with Crippen molar-refractivity contribution < 1.29 is 9.84 Å². The molecule has 1 aliphatic heterocycles. The number of aliphatic hydroxyl groups is 1. The highest BCUT2D eigenvalue weighted by Crippen LogP contribution is 2.29. The van der Waals surface area contributed by atoms with Gasteiger partial charge in [0, 0.05) is 18.9 Å². The molecule has 3 N–H and O–H groups in total. The van der Waals surface area contributed by atoms with Crippen molar-refractivity contribution in [1.82, 2.24) is 0 Å². The quantitative estimate of drug-likeness (QED) is 0.651. The van der Waals surface area contributed by atoms with Crippen molar-refractivity contribution in [1.29, 1.82) is 0 Å². The maximum Gasteiger partial charge on any atom is 0.0941 e. The van der Waals surface area contributed by atoms with Gasteiger partial charge in [-0.25, -0.2) is 0 Å². The number of rotatable bonds is 4. The Balaban J connectivity index is 2.50. The fourth-order valence-electron chi connectivity index (χ4n) is 1.85. The Morgan fingerprint density at radius 3 is 2.83 bits per heavy atom. The van der Waals surface area contributed by atoms with Crippen LogP contribution in [-0.4, -0.2) is 30.5 Å². The lowest BCUT2D eigenvalue weighted by Gasteiger charge is -2.29. The molecule has 1 aliphatic rings. The normalized spacial score (nSPS) is 32.2. The zero-order chi connectivity index (χ0) is 9.03. The molecular weight excluding hydrogens is 154 g/mol. The van der Waals surface area contributed by atoms with E-state index in [4.69, 9.17) is 10.5 Å². The van der Waals surface area contributed by atoms with Crippen molar-refractivity contribution >= 4 is 0 Å². The highest BCUT2D eigenvalue weighted by atomic mass is 16.5. The minimum absolute atomic E-state index is 0.213. The van der Waals surface area contributed by atoms with Gasteiger partial charge >= 0.3 is 0 Å². The molecule has 72 valence electrons. The summed E-state index contributed by atoms with van der Waals surface area (Å²) in [6, 6.07) is 0. The summed E-state index contributed by atoms with van der Waals surface area (Å²) in [6.07, 6.45) is 2.81. The van der Waals surface area contributed by atoms with Crippen LogP contribution < -0.4 is 5.73 Å². The topological polar surface area (TPSA) is 55.5 Å². The molecule has 0 aromatic heterocycles. The van der Waals surface area contributed by atoms with Gasteiger partial charge in [-0.15, -0.1) is 0 Å². The van der Waals surface area contributed by atoms with Gasteiger partial charge in [0.15, 0.2) is 0 Å². The Kier molecular flexibility index (Phi) is 3.50. The fourth-order valence-corrected chi connectivity index (χ4v) is 1.85. The molecule has 12 heavy (non-hydrogen) atoms. The summed E-state index contributed by atoms with van der Waals surface area (Å²) < 4.78 is 5.18. The summed E-state index contributed by atoms with van der Waals surface area (Å²) in [6.45, 7) is 3.82. The first-order valence-corrected chi connectivity index (χ1v) is 4.73. The van der Waals surface area contributed by atoms with Crippen molar-refractivity contribution in [3.63, 3.8) is 0 Å². The van der Waals surface area contributed by atoms with Crippen LogP contribution in [0.25, 0.3) is 0 Å².